The fourth-order valence-electron chi connectivity index (χ4n) is 1.42. The molecule has 0 aliphatic rings. The standard InChI is InChI=1S/C13H15N3/c1-13(2,3)12-8-11(15-9-16-12)10-6-4-5-7-14-10/h4-9H,1-3H3. The Morgan fingerprint density at radius 1 is 0.938 bits per heavy atom. The van der Waals surface area contributed by atoms with Gasteiger partial charge in [0, 0.05) is 17.3 Å². The minimum atomic E-state index is 0.0342. The van der Waals surface area contributed by atoms with Gasteiger partial charge in [0.1, 0.15) is 6.33 Å². The number of aromatic nitrogens is 3. The Morgan fingerprint density at radius 3 is 2.38 bits per heavy atom. The molecule has 0 saturated carbocycles. The lowest BCUT2D eigenvalue weighted by Gasteiger charge is -2.17. The SMILES string of the molecule is CC(C)(C)c1cc(-c2ccccn2)ncn1. The van der Waals surface area contributed by atoms with Gasteiger partial charge in [-0.25, -0.2) is 9.97 Å². The van der Waals surface area contributed by atoms with Crippen LogP contribution < -0.4 is 0 Å². The van der Waals surface area contributed by atoms with Gasteiger partial charge in [-0.2, -0.15) is 0 Å². The van der Waals surface area contributed by atoms with E-state index in [1.54, 1.807) is 12.5 Å². The molecule has 0 unspecified atom stereocenters. The summed E-state index contributed by atoms with van der Waals surface area (Å²) < 4.78 is 0. The quantitative estimate of drug-likeness (QED) is 0.731. The molecule has 82 valence electrons. The third kappa shape index (κ3) is 2.24. The number of hydrogen-bond donors (Lipinski definition) is 0. The highest BCUT2D eigenvalue weighted by Gasteiger charge is 2.16. The summed E-state index contributed by atoms with van der Waals surface area (Å²) in [6.07, 6.45) is 3.37. The summed E-state index contributed by atoms with van der Waals surface area (Å²) in [6.45, 7) is 6.41. The second-order valence-corrected chi connectivity index (χ2v) is 4.75. The highest BCUT2D eigenvalue weighted by atomic mass is 14.9. The van der Waals surface area contributed by atoms with Crippen molar-refractivity contribution in [3.8, 4) is 11.4 Å². The van der Waals surface area contributed by atoms with E-state index in [-0.39, 0.29) is 5.41 Å². The van der Waals surface area contributed by atoms with Crippen molar-refractivity contribution in [2.45, 2.75) is 26.2 Å². The van der Waals surface area contributed by atoms with E-state index in [4.69, 9.17) is 0 Å². The molecule has 0 aliphatic heterocycles. The van der Waals surface area contributed by atoms with Crippen LogP contribution in [-0.2, 0) is 5.41 Å². The summed E-state index contributed by atoms with van der Waals surface area (Å²) in [7, 11) is 0. The van der Waals surface area contributed by atoms with Gasteiger partial charge >= 0.3 is 0 Å². The maximum absolute atomic E-state index is 4.30. The molecule has 0 fully saturated rings. The normalized spacial score (nSPS) is 11.4. The van der Waals surface area contributed by atoms with Crippen LogP contribution in [0.5, 0.6) is 0 Å². The van der Waals surface area contributed by atoms with Crippen molar-refractivity contribution in [2.75, 3.05) is 0 Å². The summed E-state index contributed by atoms with van der Waals surface area (Å²) in [4.78, 5) is 12.8. The molecule has 3 heteroatoms. The fourth-order valence-corrected chi connectivity index (χ4v) is 1.42. The molecular weight excluding hydrogens is 198 g/mol. The summed E-state index contributed by atoms with van der Waals surface area (Å²) in [6, 6.07) is 7.81. The topological polar surface area (TPSA) is 38.7 Å². The van der Waals surface area contributed by atoms with E-state index in [9.17, 15) is 0 Å². The van der Waals surface area contributed by atoms with Gasteiger partial charge in [-0.05, 0) is 18.2 Å². The van der Waals surface area contributed by atoms with E-state index in [0.29, 0.717) is 0 Å². The lowest BCUT2D eigenvalue weighted by Crippen LogP contribution is -2.13. The van der Waals surface area contributed by atoms with E-state index in [2.05, 4.69) is 35.7 Å². The first-order valence-corrected chi connectivity index (χ1v) is 5.31. The number of hydrogen-bond acceptors (Lipinski definition) is 3. The molecule has 0 saturated heterocycles. The van der Waals surface area contributed by atoms with Gasteiger partial charge in [-0.15, -0.1) is 0 Å². The first-order valence-electron chi connectivity index (χ1n) is 5.31. The van der Waals surface area contributed by atoms with Crippen molar-refractivity contribution < 1.29 is 0 Å². The molecule has 0 N–H and O–H groups in total. The molecule has 16 heavy (non-hydrogen) atoms. The van der Waals surface area contributed by atoms with Gasteiger partial charge in [0.15, 0.2) is 0 Å². The molecule has 0 aliphatic carbocycles. The lowest BCUT2D eigenvalue weighted by molar-refractivity contribution is 0.567. The van der Waals surface area contributed by atoms with E-state index in [1.807, 2.05) is 24.3 Å². The third-order valence-corrected chi connectivity index (χ3v) is 2.36. The second-order valence-electron chi connectivity index (χ2n) is 4.75. The zero-order valence-corrected chi connectivity index (χ0v) is 9.81. The van der Waals surface area contributed by atoms with Crippen LogP contribution in [0.1, 0.15) is 26.5 Å². The molecule has 0 spiro atoms. The molecule has 0 aromatic carbocycles. The van der Waals surface area contributed by atoms with E-state index < -0.39 is 0 Å². The van der Waals surface area contributed by atoms with Crippen LogP contribution >= 0.6 is 0 Å². The Balaban J connectivity index is 2.45. The van der Waals surface area contributed by atoms with Crippen LogP contribution in [0.25, 0.3) is 11.4 Å². The van der Waals surface area contributed by atoms with Crippen molar-refractivity contribution in [1.82, 2.24) is 15.0 Å². The predicted octanol–water partition coefficient (Wildman–Crippen LogP) is 2.84. The van der Waals surface area contributed by atoms with Crippen LogP contribution in [0.2, 0.25) is 0 Å². The zero-order valence-electron chi connectivity index (χ0n) is 9.81. The summed E-state index contributed by atoms with van der Waals surface area (Å²) in [5, 5.41) is 0. The maximum Gasteiger partial charge on any atom is 0.116 e. The van der Waals surface area contributed by atoms with Crippen molar-refractivity contribution in [2.24, 2.45) is 0 Å². The molecule has 2 aromatic rings. The van der Waals surface area contributed by atoms with Crippen molar-refractivity contribution in [1.29, 1.82) is 0 Å². The molecule has 2 rings (SSSR count). The number of pyridine rings is 1. The molecule has 0 atom stereocenters. The van der Waals surface area contributed by atoms with Gasteiger partial charge in [-0.3, -0.25) is 4.98 Å². The smallest absolute Gasteiger partial charge is 0.116 e. The van der Waals surface area contributed by atoms with Gasteiger partial charge in [0.2, 0.25) is 0 Å². The van der Waals surface area contributed by atoms with Gasteiger partial charge in [0.05, 0.1) is 11.4 Å². The van der Waals surface area contributed by atoms with E-state index in [0.717, 1.165) is 17.1 Å². The van der Waals surface area contributed by atoms with Crippen molar-refractivity contribution in [3.63, 3.8) is 0 Å². The van der Waals surface area contributed by atoms with Crippen molar-refractivity contribution in [3.05, 3.63) is 42.5 Å². The minimum Gasteiger partial charge on any atom is -0.255 e. The van der Waals surface area contributed by atoms with Crippen LogP contribution in [0.3, 0.4) is 0 Å². The second kappa shape index (κ2) is 4.00. The number of rotatable bonds is 1. The van der Waals surface area contributed by atoms with Gasteiger partial charge < -0.3 is 0 Å². The Morgan fingerprint density at radius 2 is 1.75 bits per heavy atom. The Labute approximate surface area is 95.6 Å². The minimum absolute atomic E-state index is 0.0342. The predicted molar refractivity (Wildman–Crippen MR) is 64.0 cm³/mol. The molecule has 2 aromatic heterocycles. The highest BCUT2D eigenvalue weighted by Crippen LogP contribution is 2.22. The van der Waals surface area contributed by atoms with Crippen LogP contribution in [-0.4, -0.2) is 15.0 Å². The van der Waals surface area contributed by atoms with E-state index >= 15 is 0 Å². The molecule has 0 radical (unpaired) electrons. The van der Waals surface area contributed by atoms with Crippen LogP contribution in [0.4, 0.5) is 0 Å². The monoisotopic (exact) mass is 213 g/mol. The van der Waals surface area contributed by atoms with E-state index in [1.165, 1.54) is 0 Å². The zero-order chi connectivity index (χ0) is 11.6. The molecule has 0 bridgehead atoms. The first-order chi connectivity index (χ1) is 7.57. The number of nitrogens with zero attached hydrogens (tertiary/aromatic N) is 3. The molecule has 0 amide bonds. The Kier molecular flexibility index (Phi) is 2.69. The van der Waals surface area contributed by atoms with Gasteiger partial charge in [0.25, 0.3) is 0 Å². The molecule has 2 heterocycles. The third-order valence-electron chi connectivity index (χ3n) is 2.36. The van der Waals surface area contributed by atoms with Gasteiger partial charge in [-0.1, -0.05) is 26.8 Å². The Hall–Kier alpha value is -1.77. The largest absolute Gasteiger partial charge is 0.255 e. The summed E-state index contributed by atoms with van der Waals surface area (Å²) in [5.41, 5.74) is 2.83. The van der Waals surface area contributed by atoms with Crippen LogP contribution in [0, 0.1) is 0 Å². The molecule has 3 nitrogen and oxygen atoms in total. The highest BCUT2D eigenvalue weighted by molar-refractivity contribution is 5.53. The average Bonchev–Trinajstić information content (AvgIpc) is 2.29. The Bertz CT molecular complexity index is 472. The first kappa shape index (κ1) is 10.7. The maximum atomic E-state index is 4.30. The summed E-state index contributed by atoms with van der Waals surface area (Å²) in [5.74, 6) is 0. The van der Waals surface area contributed by atoms with Crippen LogP contribution in [0.15, 0.2) is 36.8 Å². The average molecular weight is 213 g/mol. The molecular formula is C13H15N3. The lowest BCUT2D eigenvalue weighted by atomic mass is 9.91. The van der Waals surface area contributed by atoms with Crippen molar-refractivity contribution >= 4 is 0 Å². The fraction of sp³-hybridized carbons (Fsp3) is 0.308. The summed E-state index contributed by atoms with van der Waals surface area (Å²) >= 11 is 0.